The van der Waals surface area contributed by atoms with Crippen LogP contribution in [-0.4, -0.2) is 33.0 Å². The molecule has 0 aromatic heterocycles. The third-order valence-corrected chi connectivity index (χ3v) is 4.78. The van der Waals surface area contributed by atoms with Crippen molar-refractivity contribution in [3.63, 3.8) is 0 Å². The fraction of sp³-hybridized carbons (Fsp3) is 0.130. The number of hydrogen-bond acceptors (Lipinski definition) is 4. The first-order valence-corrected chi connectivity index (χ1v) is 9.59. The van der Waals surface area contributed by atoms with E-state index in [0.29, 0.717) is 28.3 Å². The van der Waals surface area contributed by atoms with Crippen molar-refractivity contribution < 1.29 is 14.3 Å². The lowest BCUT2D eigenvalue weighted by molar-refractivity contribution is 0.101. The van der Waals surface area contributed by atoms with Gasteiger partial charge in [-0.15, -0.1) is 0 Å². The standard InChI is InChI=1S/C23H22ClN3O3/c1-27(2)17-11-9-16(10-12-17)23(29)26-20-13-18(24)19(14-21(20)30-3)25-22(28)15-7-5-4-6-8-15/h4-14H,1-3H3,(H,25,28)(H,26,29). The van der Waals surface area contributed by atoms with Crippen molar-refractivity contribution in [1.29, 1.82) is 0 Å². The summed E-state index contributed by atoms with van der Waals surface area (Å²) in [4.78, 5) is 27.0. The Kier molecular flexibility index (Phi) is 6.59. The number of carbonyl (C=O) groups is 2. The van der Waals surface area contributed by atoms with Crippen LogP contribution in [0.1, 0.15) is 20.7 Å². The molecule has 3 rings (SSSR count). The van der Waals surface area contributed by atoms with Crippen LogP contribution >= 0.6 is 11.6 Å². The number of nitrogens with zero attached hydrogens (tertiary/aromatic N) is 1. The van der Waals surface area contributed by atoms with Crippen molar-refractivity contribution in [1.82, 2.24) is 0 Å². The molecule has 0 atom stereocenters. The van der Waals surface area contributed by atoms with Crippen LogP contribution in [0, 0.1) is 0 Å². The number of amides is 2. The van der Waals surface area contributed by atoms with E-state index >= 15 is 0 Å². The molecule has 6 nitrogen and oxygen atoms in total. The third-order valence-electron chi connectivity index (χ3n) is 4.47. The number of halogens is 1. The van der Waals surface area contributed by atoms with E-state index in [1.165, 1.54) is 7.11 Å². The molecule has 154 valence electrons. The number of hydrogen-bond donors (Lipinski definition) is 2. The first-order chi connectivity index (χ1) is 14.4. The van der Waals surface area contributed by atoms with Crippen LogP contribution in [-0.2, 0) is 0 Å². The molecule has 2 amide bonds. The fourth-order valence-electron chi connectivity index (χ4n) is 2.81. The molecule has 0 saturated carbocycles. The minimum Gasteiger partial charge on any atom is -0.494 e. The summed E-state index contributed by atoms with van der Waals surface area (Å²) < 4.78 is 5.38. The molecule has 0 aliphatic carbocycles. The Bertz CT molecular complexity index is 1050. The van der Waals surface area contributed by atoms with Crippen LogP contribution in [0.25, 0.3) is 0 Å². The molecule has 0 saturated heterocycles. The molecule has 0 heterocycles. The lowest BCUT2D eigenvalue weighted by Crippen LogP contribution is -2.15. The van der Waals surface area contributed by atoms with Crippen LogP contribution in [0.4, 0.5) is 17.1 Å². The van der Waals surface area contributed by atoms with Gasteiger partial charge in [-0.2, -0.15) is 0 Å². The number of rotatable bonds is 6. The van der Waals surface area contributed by atoms with Crippen molar-refractivity contribution in [2.24, 2.45) is 0 Å². The lowest BCUT2D eigenvalue weighted by Gasteiger charge is -2.15. The highest BCUT2D eigenvalue weighted by molar-refractivity contribution is 6.34. The van der Waals surface area contributed by atoms with Gasteiger partial charge in [0.2, 0.25) is 0 Å². The second-order valence-electron chi connectivity index (χ2n) is 6.75. The van der Waals surface area contributed by atoms with Crippen molar-refractivity contribution in [3.8, 4) is 5.75 Å². The number of anilines is 3. The molecule has 0 aliphatic rings. The van der Waals surface area contributed by atoms with Crippen molar-refractivity contribution in [3.05, 3.63) is 82.9 Å². The molecule has 30 heavy (non-hydrogen) atoms. The molecule has 0 fully saturated rings. The van der Waals surface area contributed by atoms with Crippen molar-refractivity contribution in [2.45, 2.75) is 0 Å². The number of benzene rings is 3. The summed E-state index contributed by atoms with van der Waals surface area (Å²) in [5.41, 5.74) is 2.79. The fourth-order valence-corrected chi connectivity index (χ4v) is 3.02. The molecule has 3 aromatic rings. The average Bonchev–Trinajstić information content (AvgIpc) is 2.76. The molecule has 0 aliphatic heterocycles. The summed E-state index contributed by atoms with van der Waals surface area (Å²) in [5, 5.41) is 5.84. The lowest BCUT2D eigenvalue weighted by atomic mass is 10.1. The average molecular weight is 424 g/mol. The van der Waals surface area contributed by atoms with Gasteiger partial charge in [0.05, 0.1) is 23.5 Å². The van der Waals surface area contributed by atoms with E-state index in [2.05, 4.69) is 10.6 Å². The van der Waals surface area contributed by atoms with Gasteiger partial charge in [-0.1, -0.05) is 29.8 Å². The zero-order chi connectivity index (χ0) is 21.7. The summed E-state index contributed by atoms with van der Waals surface area (Å²) >= 11 is 6.35. The quantitative estimate of drug-likeness (QED) is 0.590. The maximum atomic E-state index is 12.6. The summed E-state index contributed by atoms with van der Waals surface area (Å²) in [5.74, 6) is -0.214. The summed E-state index contributed by atoms with van der Waals surface area (Å²) in [6, 6.07) is 19.1. The van der Waals surface area contributed by atoms with E-state index in [0.717, 1.165) is 5.69 Å². The van der Waals surface area contributed by atoms with Crippen LogP contribution in [0.5, 0.6) is 5.75 Å². The zero-order valence-electron chi connectivity index (χ0n) is 16.9. The highest BCUT2D eigenvalue weighted by Gasteiger charge is 2.15. The van der Waals surface area contributed by atoms with Gasteiger partial charge in [-0.25, -0.2) is 0 Å². The monoisotopic (exact) mass is 423 g/mol. The van der Waals surface area contributed by atoms with E-state index in [9.17, 15) is 9.59 Å². The highest BCUT2D eigenvalue weighted by atomic mass is 35.5. The molecule has 0 radical (unpaired) electrons. The first kappa shape index (κ1) is 21.2. The van der Waals surface area contributed by atoms with Gasteiger partial charge in [0, 0.05) is 37.0 Å². The molecule has 0 spiro atoms. The van der Waals surface area contributed by atoms with Crippen LogP contribution < -0.4 is 20.3 Å². The largest absolute Gasteiger partial charge is 0.494 e. The maximum absolute atomic E-state index is 12.6. The van der Waals surface area contributed by atoms with Crippen LogP contribution in [0.15, 0.2) is 66.7 Å². The Morgan fingerprint density at radius 2 is 1.40 bits per heavy atom. The van der Waals surface area contributed by atoms with Crippen molar-refractivity contribution in [2.75, 3.05) is 36.7 Å². The van der Waals surface area contributed by atoms with Gasteiger partial charge in [-0.05, 0) is 42.5 Å². The normalized spacial score (nSPS) is 10.3. The SMILES string of the molecule is COc1cc(NC(=O)c2ccccc2)c(Cl)cc1NC(=O)c1ccc(N(C)C)cc1. The van der Waals surface area contributed by atoms with Gasteiger partial charge < -0.3 is 20.3 Å². The summed E-state index contributed by atoms with van der Waals surface area (Å²) in [6.07, 6.45) is 0. The Morgan fingerprint density at radius 3 is 1.97 bits per heavy atom. The van der Waals surface area contributed by atoms with E-state index in [-0.39, 0.29) is 16.8 Å². The second-order valence-corrected chi connectivity index (χ2v) is 7.16. The maximum Gasteiger partial charge on any atom is 0.255 e. The van der Waals surface area contributed by atoms with Crippen LogP contribution in [0.3, 0.4) is 0 Å². The molecule has 2 N–H and O–H groups in total. The minimum atomic E-state index is -0.296. The van der Waals surface area contributed by atoms with E-state index < -0.39 is 0 Å². The molecular formula is C23H22ClN3O3. The van der Waals surface area contributed by atoms with Gasteiger partial charge in [0.1, 0.15) is 5.75 Å². The first-order valence-electron chi connectivity index (χ1n) is 9.21. The highest BCUT2D eigenvalue weighted by Crippen LogP contribution is 2.35. The van der Waals surface area contributed by atoms with E-state index in [1.54, 1.807) is 48.5 Å². The summed E-state index contributed by atoms with van der Waals surface area (Å²) in [7, 11) is 5.34. The smallest absolute Gasteiger partial charge is 0.255 e. The van der Waals surface area contributed by atoms with Gasteiger partial charge >= 0.3 is 0 Å². The predicted octanol–water partition coefficient (Wildman–Crippen LogP) is 4.92. The van der Waals surface area contributed by atoms with Crippen LogP contribution in [0.2, 0.25) is 5.02 Å². The Balaban J connectivity index is 1.79. The number of ether oxygens (including phenoxy) is 1. The Labute approximate surface area is 180 Å². The number of nitrogens with one attached hydrogen (secondary N) is 2. The van der Waals surface area contributed by atoms with E-state index in [1.807, 2.05) is 37.2 Å². The molecule has 0 unspecified atom stereocenters. The van der Waals surface area contributed by atoms with Gasteiger partial charge in [-0.3, -0.25) is 9.59 Å². The Hall–Kier alpha value is -3.51. The summed E-state index contributed by atoms with van der Waals surface area (Å²) in [6.45, 7) is 0. The second kappa shape index (κ2) is 9.33. The number of carbonyl (C=O) groups excluding carboxylic acids is 2. The molecule has 7 heteroatoms. The number of methoxy groups -OCH3 is 1. The zero-order valence-corrected chi connectivity index (χ0v) is 17.7. The molecular weight excluding hydrogens is 402 g/mol. The predicted molar refractivity (Wildman–Crippen MR) is 121 cm³/mol. The van der Waals surface area contributed by atoms with Gasteiger partial charge in [0.15, 0.2) is 0 Å². The van der Waals surface area contributed by atoms with Gasteiger partial charge in [0.25, 0.3) is 11.8 Å². The molecule has 0 bridgehead atoms. The minimum absolute atomic E-state index is 0.276. The Morgan fingerprint density at radius 1 is 0.833 bits per heavy atom. The third kappa shape index (κ3) is 4.90. The molecule has 3 aromatic carbocycles. The van der Waals surface area contributed by atoms with Crippen molar-refractivity contribution >= 4 is 40.5 Å². The van der Waals surface area contributed by atoms with E-state index in [4.69, 9.17) is 16.3 Å². The topological polar surface area (TPSA) is 70.7 Å².